The summed E-state index contributed by atoms with van der Waals surface area (Å²) >= 11 is 0. The Kier molecular flexibility index (Phi) is 1.88. The molecule has 1 rings (SSSR count). The van der Waals surface area contributed by atoms with Crippen molar-refractivity contribution in [3.8, 4) is 0 Å². The number of allylic oxidation sites excluding steroid dienone is 2. The topological polar surface area (TPSA) is 23.2 Å². The van der Waals surface area contributed by atoms with Gasteiger partial charge in [-0.15, -0.1) is 0 Å². The molecule has 2 nitrogen and oxygen atoms in total. The fraction of sp³-hybridized carbons (Fsp3) is 0.571. The first-order valence-electron chi connectivity index (χ1n) is 3.15. The highest BCUT2D eigenvalue weighted by Crippen LogP contribution is 2.12. The molecule has 0 aliphatic heterocycles. The molecule has 1 N–H and O–H groups in total. The lowest BCUT2D eigenvalue weighted by atomic mass is 10.3. The normalized spacial score (nSPS) is 22.4. The minimum absolute atomic E-state index is 1.05. The SMILES string of the molecule is C[NH+]=C1C=C(OC)CC1. The second kappa shape index (κ2) is 2.67. The Morgan fingerprint density at radius 2 is 2.33 bits per heavy atom. The van der Waals surface area contributed by atoms with E-state index in [0.717, 1.165) is 18.6 Å². The van der Waals surface area contributed by atoms with E-state index < -0.39 is 0 Å². The van der Waals surface area contributed by atoms with Gasteiger partial charge in [-0.05, 0) is 0 Å². The Bertz CT molecular complexity index is 158. The van der Waals surface area contributed by atoms with Gasteiger partial charge in [0, 0.05) is 18.9 Å². The Morgan fingerprint density at radius 1 is 1.56 bits per heavy atom. The maximum atomic E-state index is 5.04. The van der Waals surface area contributed by atoms with Crippen molar-refractivity contribution in [3.05, 3.63) is 11.8 Å². The predicted octanol–water partition coefficient (Wildman–Crippen LogP) is -0.538. The molecular formula is C7H12NO+. The van der Waals surface area contributed by atoms with Crippen LogP contribution in [0.25, 0.3) is 0 Å². The van der Waals surface area contributed by atoms with Crippen LogP contribution in [0.4, 0.5) is 0 Å². The molecule has 0 unspecified atom stereocenters. The molecule has 0 saturated carbocycles. The maximum Gasteiger partial charge on any atom is 0.177 e. The third kappa shape index (κ3) is 1.31. The van der Waals surface area contributed by atoms with Crippen LogP contribution in [0.2, 0.25) is 0 Å². The van der Waals surface area contributed by atoms with E-state index in [1.54, 1.807) is 7.11 Å². The summed E-state index contributed by atoms with van der Waals surface area (Å²) in [6, 6.07) is 0. The van der Waals surface area contributed by atoms with Gasteiger partial charge in [0.25, 0.3) is 0 Å². The number of methoxy groups -OCH3 is 1. The zero-order valence-corrected chi connectivity index (χ0v) is 5.90. The summed E-state index contributed by atoms with van der Waals surface area (Å²) in [7, 11) is 3.65. The second-order valence-corrected chi connectivity index (χ2v) is 2.09. The van der Waals surface area contributed by atoms with Crippen molar-refractivity contribution in [2.45, 2.75) is 12.8 Å². The quantitative estimate of drug-likeness (QED) is 0.501. The van der Waals surface area contributed by atoms with Crippen molar-refractivity contribution in [2.75, 3.05) is 14.2 Å². The van der Waals surface area contributed by atoms with Crippen molar-refractivity contribution >= 4 is 5.71 Å². The van der Waals surface area contributed by atoms with Crippen LogP contribution in [0.1, 0.15) is 12.8 Å². The Hall–Kier alpha value is -0.790. The smallest absolute Gasteiger partial charge is 0.177 e. The molecule has 50 valence electrons. The van der Waals surface area contributed by atoms with E-state index in [0.29, 0.717) is 0 Å². The highest BCUT2D eigenvalue weighted by Gasteiger charge is 2.13. The van der Waals surface area contributed by atoms with Gasteiger partial charge in [0.1, 0.15) is 12.8 Å². The summed E-state index contributed by atoms with van der Waals surface area (Å²) < 4.78 is 5.04. The molecule has 0 heterocycles. The van der Waals surface area contributed by atoms with E-state index >= 15 is 0 Å². The van der Waals surface area contributed by atoms with E-state index in [1.807, 2.05) is 7.05 Å². The van der Waals surface area contributed by atoms with Crippen LogP contribution in [-0.2, 0) is 4.74 Å². The number of hydrogen-bond acceptors (Lipinski definition) is 1. The summed E-state index contributed by atoms with van der Waals surface area (Å²) in [5.41, 5.74) is 1.27. The third-order valence-electron chi connectivity index (χ3n) is 1.56. The molecular weight excluding hydrogens is 114 g/mol. The van der Waals surface area contributed by atoms with Gasteiger partial charge in [-0.1, -0.05) is 0 Å². The van der Waals surface area contributed by atoms with Gasteiger partial charge in [0.15, 0.2) is 5.71 Å². The number of rotatable bonds is 1. The van der Waals surface area contributed by atoms with Gasteiger partial charge in [-0.2, -0.15) is 0 Å². The van der Waals surface area contributed by atoms with Gasteiger partial charge in [-0.25, -0.2) is 4.99 Å². The summed E-state index contributed by atoms with van der Waals surface area (Å²) in [5.74, 6) is 1.08. The van der Waals surface area contributed by atoms with E-state index in [4.69, 9.17) is 4.74 Å². The van der Waals surface area contributed by atoms with Gasteiger partial charge < -0.3 is 4.74 Å². The van der Waals surface area contributed by atoms with E-state index in [1.165, 1.54) is 5.71 Å². The van der Waals surface area contributed by atoms with Crippen molar-refractivity contribution in [2.24, 2.45) is 0 Å². The zero-order valence-electron chi connectivity index (χ0n) is 5.90. The lowest BCUT2D eigenvalue weighted by Gasteiger charge is -1.93. The molecule has 1 aliphatic rings. The fourth-order valence-electron chi connectivity index (χ4n) is 0.955. The Labute approximate surface area is 55.2 Å². The molecule has 9 heavy (non-hydrogen) atoms. The average molecular weight is 126 g/mol. The fourth-order valence-corrected chi connectivity index (χ4v) is 0.955. The maximum absolute atomic E-state index is 5.04. The first kappa shape index (κ1) is 6.33. The third-order valence-corrected chi connectivity index (χ3v) is 1.56. The highest BCUT2D eigenvalue weighted by molar-refractivity contribution is 5.92. The van der Waals surface area contributed by atoms with Crippen molar-refractivity contribution < 1.29 is 9.73 Å². The lowest BCUT2D eigenvalue weighted by molar-refractivity contribution is -0.420. The van der Waals surface area contributed by atoms with Crippen molar-refractivity contribution in [1.82, 2.24) is 0 Å². The Balaban J connectivity index is 2.61. The minimum Gasteiger partial charge on any atom is -0.501 e. The van der Waals surface area contributed by atoms with Crippen LogP contribution >= 0.6 is 0 Å². The molecule has 0 aromatic carbocycles. The van der Waals surface area contributed by atoms with Crippen LogP contribution in [0.15, 0.2) is 11.8 Å². The summed E-state index contributed by atoms with van der Waals surface area (Å²) in [6.07, 6.45) is 4.20. The van der Waals surface area contributed by atoms with Gasteiger partial charge in [-0.3, -0.25) is 0 Å². The number of ether oxygens (including phenoxy) is 1. The largest absolute Gasteiger partial charge is 0.501 e. The summed E-state index contributed by atoms with van der Waals surface area (Å²) in [4.78, 5) is 3.09. The first-order valence-corrected chi connectivity index (χ1v) is 3.15. The van der Waals surface area contributed by atoms with Crippen molar-refractivity contribution in [1.29, 1.82) is 0 Å². The van der Waals surface area contributed by atoms with Crippen LogP contribution in [0, 0.1) is 0 Å². The van der Waals surface area contributed by atoms with E-state index in [2.05, 4.69) is 11.1 Å². The van der Waals surface area contributed by atoms with Crippen LogP contribution in [0.3, 0.4) is 0 Å². The monoisotopic (exact) mass is 126 g/mol. The van der Waals surface area contributed by atoms with E-state index in [-0.39, 0.29) is 0 Å². The van der Waals surface area contributed by atoms with E-state index in [9.17, 15) is 0 Å². The Morgan fingerprint density at radius 3 is 2.67 bits per heavy atom. The highest BCUT2D eigenvalue weighted by atomic mass is 16.5. The molecule has 0 aromatic heterocycles. The summed E-state index contributed by atoms with van der Waals surface area (Å²) in [5, 5.41) is 0. The molecule has 0 fully saturated rings. The first-order chi connectivity index (χ1) is 4.36. The zero-order chi connectivity index (χ0) is 6.69. The molecule has 0 saturated heterocycles. The molecule has 0 bridgehead atoms. The lowest BCUT2D eigenvalue weighted by Crippen LogP contribution is -2.66. The van der Waals surface area contributed by atoms with Gasteiger partial charge in [0.2, 0.25) is 0 Å². The van der Waals surface area contributed by atoms with Crippen LogP contribution in [0.5, 0.6) is 0 Å². The molecule has 2 heteroatoms. The molecule has 0 radical (unpaired) electrons. The summed E-state index contributed by atoms with van der Waals surface area (Å²) in [6.45, 7) is 0. The average Bonchev–Trinajstić information content (AvgIpc) is 2.34. The number of hydrogen-bond donors (Lipinski definition) is 1. The molecule has 0 spiro atoms. The molecule has 0 atom stereocenters. The van der Waals surface area contributed by atoms with Gasteiger partial charge >= 0.3 is 0 Å². The predicted molar refractivity (Wildman–Crippen MR) is 36.2 cm³/mol. The minimum atomic E-state index is 1.05. The second-order valence-electron chi connectivity index (χ2n) is 2.09. The number of nitrogens with one attached hydrogen (secondary N) is 1. The van der Waals surface area contributed by atoms with Crippen LogP contribution < -0.4 is 4.99 Å². The van der Waals surface area contributed by atoms with Crippen LogP contribution in [-0.4, -0.2) is 19.9 Å². The molecule has 0 aromatic rings. The molecule has 0 amide bonds. The molecule has 1 aliphatic carbocycles. The standard InChI is InChI=1S/C7H11NO/c1-8-6-3-4-7(5-6)9-2/h5H,3-4H2,1-2H3/p+1. The van der Waals surface area contributed by atoms with Gasteiger partial charge in [0.05, 0.1) is 7.11 Å². The van der Waals surface area contributed by atoms with Crippen molar-refractivity contribution in [3.63, 3.8) is 0 Å².